The van der Waals surface area contributed by atoms with Gasteiger partial charge in [0.2, 0.25) is 12.3 Å². The molecular weight excluding hydrogens is 352 g/mol. The van der Waals surface area contributed by atoms with Crippen LogP contribution in [0.2, 0.25) is 0 Å². The molecule has 0 bridgehead atoms. The van der Waals surface area contributed by atoms with Gasteiger partial charge in [-0.25, -0.2) is 14.3 Å². The molecule has 3 atom stereocenters. The minimum Gasteiger partial charge on any atom is -0.508 e. The molecule has 3 unspecified atom stereocenters. The molecule has 0 aromatic heterocycles. The molecule has 4 nitrogen and oxygen atoms in total. The van der Waals surface area contributed by atoms with Gasteiger partial charge in [0.15, 0.2) is 0 Å². The Hall–Kier alpha value is -2.47. The van der Waals surface area contributed by atoms with Crippen LogP contribution in [0.5, 0.6) is 5.75 Å². The number of hydroxylamine groups is 1. The van der Waals surface area contributed by atoms with Crippen molar-refractivity contribution in [1.29, 1.82) is 0 Å². The van der Waals surface area contributed by atoms with Gasteiger partial charge < -0.3 is 5.11 Å². The Bertz CT molecular complexity index is 752. The molecule has 6 heteroatoms. The minimum atomic E-state index is -2.66. The van der Waals surface area contributed by atoms with E-state index >= 15 is 0 Å². The van der Waals surface area contributed by atoms with E-state index in [0.29, 0.717) is 18.4 Å². The van der Waals surface area contributed by atoms with Gasteiger partial charge in [-0.05, 0) is 41.5 Å². The first-order valence-corrected chi connectivity index (χ1v) is 8.94. The van der Waals surface area contributed by atoms with E-state index in [2.05, 4.69) is 0 Å². The van der Waals surface area contributed by atoms with Crippen LogP contribution in [0.3, 0.4) is 0 Å². The van der Waals surface area contributed by atoms with Gasteiger partial charge in [0.05, 0.1) is 5.92 Å². The summed E-state index contributed by atoms with van der Waals surface area (Å²) in [7, 11) is 0. The van der Waals surface area contributed by atoms with E-state index in [1.165, 1.54) is 12.4 Å². The lowest BCUT2D eigenvalue weighted by Crippen LogP contribution is -2.39. The maximum Gasteiger partial charge on any atom is 0.247 e. The van der Waals surface area contributed by atoms with Crippen molar-refractivity contribution in [2.24, 2.45) is 17.8 Å². The van der Waals surface area contributed by atoms with Crippen molar-refractivity contribution in [1.82, 2.24) is 5.48 Å². The third-order valence-corrected chi connectivity index (χ3v) is 5.05. The highest BCUT2D eigenvalue weighted by Gasteiger charge is 2.35. The van der Waals surface area contributed by atoms with E-state index in [9.17, 15) is 18.7 Å². The Kier molecular flexibility index (Phi) is 7.30. The van der Waals surface area contributed by atoms with Crippen LogP contribution in [0.25, 0.3) is 11.1 Å². The van der Waals surface area contributed by atoms with E-state index in [1.54, 1.807) is 13.0 Å². The van der Waals surface area contributed by atoms with Crippen molar-refractivity contribution in [2.75, 3.05) is 0 Å². The smallest absolute Gasteiger partial charge is 0.247 e. The third-order valence-electron chi connectivity index (χ3n) is 5.05. The summed E-state index contributed by atoms with van der Waals surface area (Å²) in [4.78, 5) is 11.8. The number of rotatable bonds is 8. The van der Waals surface area contributed by atoms with Crippen molar-refractivity contribution >= 4 is 5.91 Å². The lowest BCUT2D eigenvalue weighted by molar-refractivity contribution is -0.139. The van der Waals surface area contributed by atoms with Crippen LogP contribution in [0.1, 0.15) is 25.8 Å². The van der Waals surface area contributed by atoms with E-state index < -0.39 is 30.1 Å². The average molecular weight is 377 g/mol. The molecule has 0 saturated heterocycles. The van der Waals surface area contributed by atoms with Crippen LogP contribution in [-0.2, 0) is 11.2 Å². The number of hydrogen-bond acceptors (Lipinski definition) is 3. The van der Waals surface area contributed by atoms with Crippen LogP contribution in [-0.4, -0.2) is 22.6 Å². The fourth-order valence-electron chi connectivity index (χ4n) is 3.39. The zero-order valence-corrected chi connectivity index (χ0v) is 15.4. The highest BCUT2D eigenvalue weighted by molar-refractivity contribution is 5.78. The molecule has 0 saturated carbocycles. The van der Waals surface area contributed by atoms with Crippen LogP contribution >= 0.6 is 0 Å². The number of amides is 1. The molecule has 0 aliphatic carbocycles. The van der Waals surface area contributed by atoms with E-state index in [1.807, 2.05) is 42.5 Å². The van der Waals surface area contributed by atoms with Crippen molar-refractivity contribution in [3.8, 4) is 16.9 Å². The first-order valence-electron chi connectivity index (χ1n) is 8.94. The highest BCUT2D eigenvalue weighted by atomic mass is 19.3. The Labute approximate surface area is 157 Å². The second-order valence-corrected chi connectivity index (χ2v) is 6.92. The van der Waals surface area contributed by atoms with Gasteiger partial charge in [0.1, 0.15) is 5.75 Å². The molecule has 0 radical (unpaired) electrons. The van der Waals surface area contributed by atoms with Gasteiger partial charge in [-0.1, -0.05) is 56.3 Å². The van der Waals surface area contributed by atoms with Gasteiger partial charge >= 0.3 is 0 Å². The number of nitrogens with one attached hydrogen (secondary N) is 1. The Morgan fingerprint density at radius 3 is 2.30 bits per heavy atom. The molecule has 0 heterocycles. The summed E-state index contributed by atoms with van der Waals surface area (Å²) in [6.07, 6.45) is -1.80. The number of carbonyl (C=O) groups is 1. The number of phenolic OH excluding ortho intramolecular Hbond substituents is 1. The highest BCUT2D eigenvalue weighted by Crippen LogP contribution is 2.32. The molecular formula is C21H25F2NO3. The second-order valence-electron chi connectivity index (χ2n) is 6.92. The summed E-state index contributed by atoms with van der Waals surface area (Å²) in [6.45, 7) is 3.00. The predicted octanol–water partition coefficient (Wildman–Crippen LogP) is 4.65. The normalized spacial score (nSPS) is 14.6. The second kappa shape index (κ2) is 9.46. The van der Waals surface area contributed by atoms with Crippen molar-refractivity contribution < 1.29 is 23.9 Å². The zero-order chi connectivity index (χ0) is 20.0. The molecule has 2 aromatic rings. The van der Waals surface area contributed by atoms with Gasteiger partial charge in [0, 0.05) is 5.92 Å². The predicted molar refractivity (Wildman–Crippen MR) is 99.6 cm³/mol. The summed E-state index contributed by atoms with van der Waals surface area (Å²) in [5.41, 5.74) is 4.05. The fraction of sp³-hybridized carbons (Fsp3) is 0.381. The average Bonchev–Trinajstić information content (AvgIpc) is 2.67. The van der Waals surface area contributed by atoms with Gasteiger partial charge in [-0.2, -0.15) is 0 Å². The zero-order valence-electron chi connectivity index (χ0n) is 15.4. The fourth-order valence-corrected chi connectivity index (χ4v) is 3.39. The maximum atomic E-state index is 13.1. The number of halogens is 2. The van der Waals surface area contributed by atoms with Crippen molar-refractivity contribution in [3.63, 3.8) is 0 Å². The number of benzene rings is 2. The molecule has 0 fully saturated rings. The number of aryl methyl sites for hydroxylation is 1. The SMILES string of the molecule is CC(CCc1ccc(-c2ccccc2)cc1O)C(C(=O)NO)C(C)C(F)F. The quantitative estimate of drug-likeness (QED) is 0.463. The number of carbonyl (C=O) groups excluding carboxylic acids is 1. The Morgan fingerprint density at radius 1 is 1.07 bits per heavy atom. The number of alkyl halides is 2. The molecule has 0 spiro atoms. The monoisotopic (exact) mass is 377 g/mol. The summed E-state index contributed by atoms with van der Waals surface area (Å²) < 4.78 is 26.1. The first-order chi connectivity index (χ1) is 12.8. The molecule has 1 amide bonds. The molecule has 0 aliphatic heterocycles. The standard InChI is InChI=1S/C21H25F2NO3/c1-13(19(21(26)24-27)14(2)20(22)23)8-9-16-10-11-17(12-18(16)25)15-6-4-3-5-7-15/h3-7,10-14,19-20,25,27H,8-9H2,1-2H3,(H,24,26). The van der Waals surface area contributed by atoms with Crippen molar-refractivity contribution in [3.05, 3.63) is 54.1 Å². The summed E-state index contributed by atoms with van der Waals surface area (Å²) >= 11 is 0. The van der Waals surface area contributed by atoms with Crippen LogP contribution in [0.4, 0.5) is 8.78 Å². The van der Waals surface area contributed by atoms with Gasteiger partial charge in [0.25, 0.3) is 0 Å². The molecule has 27 heavy (non-hydrogen) atoms. The molecule has 0 aliphatic rings. The van der Waals surface area contributed by atoms with E-state index in [0.717, 1.165) is 11.1 Å². The Morgan fingerprint density at radius 2 is 1.74 bits per heavy atom. The maximum absolute atomic E-state index is 13.1. The summed E-state index contributed by atoms with van der Waals surface area (Å²) in [6, 6.07) is 15.0. The van der Waals surface area contributed by atoms with E-state index in [4.69, 9.17) is 5.21 Å². The number of phenols is 1. The lowest BCUT2D eigenvalue weighted by Gasteiger charge is -2.27. The topological polar surface area (TPSA) is 69.6 Å². The van der Waals surface area contributed by atoms with Gasteiger partial charge in [-0.3, -0.25) is 10.0 Å². The summed E-state index contributed by atoms with van der Waals surface area (Å²) in [5.74, 6) is -3.26. The lowest BCUT2D eigenvalue weighted by atomic mass is 9.80. The van der Waals surface area contributed by atoms with Crippen LogP contribution in [0.15, 0.2) is 48.5 Å². The molecule has 146 valence electrons. The number of hydrogen-bond donors (Lipinski definition) is 3. The van der Waals surface area contributed by atoms with Crippen LogP contribution < -0.4 is 5.48 Å². The van der Waals surface area contributed by atoms with E-state index in [-0.39, 0.29) is 5.75 Å². The van der Waals surface area contributed by atoms with Gasteiger partial charge in [-0.15, -0.1) is 0 Å². The van der Waals surface area contributed by atoms with Crippen molar-refractivity contribution in [2.45, 2.75) is 33.1 Å². The largest absolute Gasteiger partial charge is 0.508 e. The molecule has 3 N–H and O–H groups in total. The van der Waals surface area contributed by atoms with Crippen LogP contribution in [0, 0.1) is 17.8 Å². The Balaban J connectivity index is 2.09. The third kappa shape index (κ3) is 5.26. The molecule has 2 aromatic carbocycles. The minimum absolute atomic E-state index is 0.133. The first kappa shape index (κ1) is 20.8. The summed E-state index contributed by atoms with van der Waals surface area (Å²) in [5, 5.41) is 19.2. The molecule has 2 rings (SSSR count). The number of aromatic hydroxyl groups is 1.